The van der Waals surface area contributed by atoms with E-state index < -0.39 is 0 Å². The number of amides is 1. The van der Waals surface area contributed by atoms with E-state index in [-0.39, 0.29) is 11.8 Å². The van der Waals surface area contributed by atoms with Crippen LogP contribution in [0.4, 0.5) is 5.82 Å². The van der Waals surface area contributed by atoms with E-state index in [1.807, 2.05) is 32.0 Å². The van der Waals surface area contributed by atoms with Crippen LogP contribution >= 0.6 is 0 Å². The Balaban J connectivity index is 1.42. The highest BCUT2D eigenvalue weighted by Crippen LogP contribution is 2.24. The van der Waals surface area contributed by atoms with Gasteiger partial charge in [-0.15, -0.1) is 10.2 Å². The molecule has 1 aliphatic heterocycles. The van der Waals surface area contributed by atoms with Crippen molar-refractivity contribution in [2.24, 2.45) is 5.92 Å². The monoisotopic (exact) mass is 368 g/mol. The van der Waals surface area contributed by atoms with Crippen molar-refractivity contribution < 1.29 is 4.79 Å². The van der Waals surface area contributed by atoms with Crippen LogP contribution in [0.2, 0.25) is 0 Å². The molecule has 7 heteroatoms. The van der Waals surface area contributed by atoms with Gasteiger partial charge in [0.1, 0.15) is 0 Å². The molecule has 2 aromatic rings. The standard InChI is InChI=1S/C20H28N6O/c1-14-12-15(2)26(24-14)19-10-9-18(22-23-19)25-11-5-6-16(13-25)20(27)21-17-7-3-4-8-17/h9-10,12,16-17H,3-8,11,13H2,1-2H3,(H,21,27). The van der Waals surface area contributed by atoms with Gasteiger partial charge in [0.2, 0.25) is 5.91 Å². The molecule has 2 fully saturated rings. The summed E-state index contributed by atoms with van der Waals surface area (Å²) in [5.41, 5.74) is 2.00. The fraction of sp³-hybridized carbons (Fsp3) is 0.600. The summed E-state index contributed by atoms with van der Waals surface area (Å²) in [5, 5.41) is 16.5. The lowest BCUT2D eigenvalue weighted by atomic mass is 9.96. The van der Waals surface area contributed by atoms with Crippen LogP contribution < -0.4 is 10.2 Å². The number of carbonyl (C=O) groups excluding carboxylic acids is 1. The zero-order chi connectivity index (χ0) is 18.8. The molecule has 1 amide bonds. The van der Waals surface area contributed by atoms with Crippen molar-refractivity contribution in [2.45, 2.75) is 58.4 Å². The summed E-state index contributed by atoms with van der Waals surface area (Å²) in [4.78, 5) is 14.8. The van der Waals surface area contributed by atoms with Crippen molar-refractivity contribution in [1.29, 1.82) is 0 Å². The molecule has 3 heterocycles. The summed E-state index contributed by atoms with van der Waals surface area (Å²) in [7, 11) is 0. The van der Waals surface area contributed by atoms with Gasteiger partial charge in [0.05, 0.1) is 11.6 Å². The quantitative estimate of drug-likeness (QED) is 0.898. The summed E-state index contributed by atoms with van der Waals surface area (Å²) >= 11 is 0. The number of hydrogen-bond donors (Lipinski definition) is 1. The van der Waals surface area contributed by atoms with Gasteiger partial charge >= 0.3 is 0 Å². The Labute approximate surface area is 160 Å². The summed E-state index contributed by atoms with van der Waals surface area (Å²) in [6.07, 6.45) is 6.68. The topological polar surface area (TPSA) is 75.9 Å². The third-order valence-electron chi connectivity index (χ3n) is 5.68. The van der Waals surface area contributed by atoms with Gasteiger partial charge in [0, 0.05) is 24.8 Å². The lowest BCUT2D eigenvalue weighted by Crippen LogP contribution is -2.45. The highest BCUT2D eigenvalue weighted by molar-refractivity contribution is 5.79. The average molecular weight is 368 g/mol. The smallest absolute Gasteiger partial charge is 0.225 e. The van der Waals surface area contributed by atoms with Crippen LogP contribution in [0.3, 0.4) is 0 Å². The third-order valence-corrected chi connectivity index (χ3v) is 5.68. The van der Waals surface area contributed by atoms with Crippen LogP contribution in [-0.2, 0) is 4.79 Å². The first-order chi connectivity index (χ1) is 13.1. The molecule has 1 aliphatic carbocycles. The Bertz CT molecular complexity index is 793. The summed E-state index contributed by atoms with van der Waals surface area (Å²) in [6.45, 7) is 5.61. The lowest BCUT2D eigenvalue weighted by Gasteiger charge is -2.33. The van der Waals surface area contributed by atoms with Crippen LogP contribution in [0, 0.1) is 19.8 Å². The highest BCUT2D eigenvalue weighted by atomic mass is 16.2. The van der Waals surface area contributed by atoms with Gasteiger partial charge in [-0.1, -0.05) is 12.8 Å². The molecule has 7 nitrogen and oxygen atoms in total. The first-order valence-corrected chi connectivity index (χ1v) is 10.0. The number of carbonyl (C=O) groups is 1. The lowest BCUT2D eigenvalue weighted by molar-refractivity contribution is -0.125. The third kappa shape index (κ3) is 3.96. The number of aromatic nitrogens is 4. The molecule has 2 aromatic heterocycles. The van der Waals surface area contributed by atoms with Gasteiger partial charge < -0.3 is 10.2 Å². The van der Waals surface area contributed by atoms with Crippen LogP contribution in [0.1, 0.15) is 49.9 Å². The van der Waals surface area contributed by atoms with Crippen molar-refractivity contribution in [3.63, 3.8) is 0 Å². The van der Waals surface area contributed by atoms with Crippen LogP contribution in [0.5, 0.6) is 0 Å². The van der Waals surface area contributed by atoms with E-state index in [4.69, 9.17) is 0 Å². The van der Waals surface area contributed by atoms with Gasteiger partial charge in [0.15, 0.2) is 11.6 Å². The maximum atomic E-state index is 12.6. The second kappa shape index (κ2) is 7.66. The van der Waals surface area contributed by atoms with E-state index in [9.17, 15) is 4.79 Å². The average Bonchev–Trinajstić information content (AvgIpc) is 3.31. The minimum atomic E-state index is 0.0387. The molecule has 27 heavy (non-hydrogen) atoms. The van der Waals surface area contributed by atoms with Crippen molar-refractivity contribution in [3.05, 3.63) is 29.6 Å². The zero-order valence-corrected chi connectivity index (χ0v) is 16.2. The second-order valence-electron chi connectivity index (χ2n) is 7.86. The number of piperidine rings is 1. The number of anilines is 1. The molecule has 1 saturated carbocycles. The number of aryl methyl sites for hydroxylation is 2. The molecule has 0 aromatic carbocycles. The number of nitrogens with zero attached hydrogens (tertiary/aromatic N) is 5. The molecule has 1 unspecified atom stereocenters. The van der Waals surface area contributed by atoms with Crippen LogP contribution in [0.15, 0.2) is 18.2 Å². The van der Waals surface area contributed by atoms with Crippen molar-refractivity contribution in [1.82, 2.24) is 25.3 Å². The zero-order valence-electron chi connectivity index (χ0n) is 16.2. The van der Waals surface area contributed by atoms with E-state index in [1.165, 1.54) is 12.8 Å². The Hall–Kier alpha value is -2.44. The van der Waals surface area contributed by atoms with Crippen LogP contribution in [0.25, 0.3) is 5.82 Å². The molecule has 2 aliphatic rings. The summed E-state index contributed by atoms with van der Waals surface area (Å²) < 4.78 is 1.81. The molecule has 1 atom stereocenters. The molecule has 1 saturated heterocycles. The van der Waals surface area contributed by atoms with Crippen molar-refractivity contribution >= 4 is 11.7 Å². The van der Waals surface area contributed by atoms with Gasteiger partial charge in [-0.25, -0.2) is 4.68 Å². The molecule has 0 bridgehead atoms. The maximum absolute atomic E-state index is 12.6. The summed E-state index contributed by atoms with van der Waals surface area (Å²) in [5.74, 6) is 1.80. The fourth-order valence-corrected chi connectivity index (χ4v) is 4.25. The minimum absolute atomic E-state index is 0.0387. The molecular formula is C20H28N6O. The number of nitrogens with one attached hydrogen (secondary N) is 1. The Kier molecular flexibility index (Phi) is 5.09. The van der Waals surface area contributed by atoms with E-state index in [1.54, 1.807) is 4.68 Å². The predicted molar refractivity (Wildman–Crippen MR) is 104 cm³/mol. The largest absolute Gasteiger partial charge is 0.354 e. The Morgan fingerprint density at radius 1 is 1.07 bits per heavy atom. The van der Waals surface area contributed by atoms with E-state index in [0.29, 0.717) is 12.6 Å². The van der Waals surface area contributed by atoms with Crippen molar-refractivity contribution in [2.75, 3.05) is 18.0 Å². The van der Waals surface area contributed by atoms with E-state index in [0.717, 1.165) is 55.3 Å². The highest BCUT2D eigenvalue weighted by Gasteiger charge is 2.28. The van der Waals surface area contributed by atoms with E-state index in [2.05, 4.69) is 25.5 Å². The molecule has 0 radical (unpaired) electrons. The first kappa shape index (κ1) is 17.9. The SMILES string of the molecule is Cc1cc(C)n(-c2ccc(N3CCCC(C(=O)NC4CCCC4)C3)nn2)n1. The van der Waals surface area contributed by atoms with Gasteiger partial charge in [-0.3, -0.25) is 4.79 Å². The number of hydrogen-bond acceptors (Lipinski definition) is 5. The molecular weight excluding hydrogens is 340 g/mol. The molecule has 1 N–H and O–H groups in total. The van der Waals surface area contributed by atoms with E-state index >= 15 is 0 Å². The molecule has 144 valence electrons. The van der Waals surface area contributed by atoms with Gasteiger partial charge in [-0.2, -0.15) is 5.10 Å². The summed E-state index contributed by atoms with van der Waals surface area (Å²) in [6, 6.07) is 6.33. The fourth-order valence-electron chi connectivity index (χ4n) is 4.25. The van der Waals surface area contributed by atoms with Gasteiger partial charge in [0.25, 0.3) is 0 Å². The maximum Gasteiger partial charge on any atom is 0.225 e. The normalized spacial score (nSPS) is 20.8. The minimum Gasteiger partial charge on any atom is -0.354 e. The molecule has 4 rings (SSSR count). The Morgan fingerprint density at radius 3 is 2.48 bits per heavy atom. The Morgan fingerprint density at radius 2 is 1.81 bits per heavy atom. The second-order valence-corrected chi connectivity index (χ2v) is 7.86. The van der Waals surface area contributed by atoms with Crippen LogP contribution in [-0.4, -0.2) is 45.0 Å². The first-order valence-electron chi connectivity index (χ1n) is 10.0. The van der Waals surface area contributed by atoms with Crippen molar-refractivity contribution in [3.8, 4) is 5.82 Å². The number of rotatable bonds is 4. The predicted octanol–water partition coefficient (Wildman–Crippen LogP) is 2.55. The molecule has 0 spiro atoms. The van der Waals surface area contributed by atoms with Gasteiger partial charge in [-0.05, 0) is 57.7 Å².